The second-order valence-corrected chi connectivity index (χ2v) is 7.67. The van der Waals surface area contributed by atoms with Crippen molar-refractivity contribution < 1.29 is 19.2 Å². The molecule has 0 aromatic heterocycles. The van der Waals surface area contributed by atoms with Gasteiger partial charge in [-0.05, 0) is 43.5 Å². The molecule has 1 aliphatic carbocycles. The molecule has 0 unspecified atom stereocenters. The highest BCUT2D eigenvalue weighted by Gasteiger charge is 2.27. The number of hydrogen-bond acceptors (Lipinski definition) is 5. The van der Waals surface area contributed by atoms with Crippen LogP contribution in [0.2, 0.25) is 0 Å². The molecule has 7 nitrogen and oxygen atoms in total. The number of rotatable bonds is 7. The van der Waals surface area contributed by atoms with Crippen molar-refractivity contribution in [1.82, 2.24) is 4.90 Å². The van der Waals surface area contributed by atoms with Crippen molar-refractivity contribution in [3.05, 3.63) is 52.6 Å². The van der Waals surface area contributed by atoms with Crippen LogP contribution in [0.3, 0.4) is 0 Å². The van der Waals surface area contributed by atoms with Gasteiger partial charge >= 0.3 is 0 Å². The van der Waals surface area contributed by atoms with Gasteiger partial charge in [0.25, 0.3) is 11.6 Å². The van der Waals surface area contributed by atoms with Crippen LogP contribution >= 0.6 is 0 Å². The van der Waals surface area contributed by atoms with Crippen molar-refractivity contribution in [2.75, 3.05) is 14.2 Å². The summed E-state index contributed by atoms with van der Waals surface area (Å²) in [5.41, 5.74) is 1.27. The number of non-ortho nitro benzene ring substituents is 1. The number of benzene rings is 2. The average molecular weight is 412 g/mol. The van der Waals surface area contributed by atoms with Gasteiger partial charge in [-0.3, -0.25) is 14.9 Å². The number of nitro groups is 1. The molecule has 30 heavy (non-hydrogen) atoms. The van der Waals surface area contributed by atoms with Gasteiger partial charge < -0.3 is 14.4 Å². The topological polar surface area (TPSA) is 81.9 Å². The van der Waals surface area contributed by atoms with Gasteiger partial charge in [-0.2, -0.15) is 0 Å². The van der Waals surface area contributed by atoms with E-state index < -0.39 is 11.0 Å². The summed E-state index contributed by atoms with van der Waals surface area (Å²) in [6.45, 7) is 1.72. The summed E-state index contributed by atoms with van der Waals surface area (Å²) >= 11 is 0. The van der Waals surface area contributed by atoms with Gasteiger partial charge in [-0.1, -0.05) is 31.4 Å². The number of hydrogen-bond donors (Lipinski definition) is 0. The summed E-state index contributed by atoms with van der Waals surface area (Å²) in [4.78, 5) is 25.6. The molecular formula is C23H28N2O5. The molecule has 0 bridgehead atoms. The standard InChI is InChI=1S/C23H28N2O5/c1-16(23(26)24(2)18-7-5-4-6-8-18)30-22-14-11-19(25(27)28)15-21(22)17-9-12-20(29-3)13-10-17/h9-16,18H,4-8H2,1-3H3/t16-/m1/s1. The van der Waals surface area contributed by atoms with Crippen molar-refractivity contribution >= 4 is 11.6 Å². The number of amides is 1. The second kappa shape index (κ2) is 9.61. The predicted molar refractivity (Wildman–Crippen MR) is 115 cm³/mol. The Morgan fingerprint density at radius 1 is 1.13 bits per heavy atom. The highest BCUT2D eigenvalue weighted by Crippen LogP contribution is 2.35. The van der Waals surface area contributed by atoms with Crippen LogP contribution in [0.25, 0.3) is 11.1 Å². The lowest BCUT2D eigenvalue weighted by Crippen LogP contribution is -2.44. The van der Waals surface area contributed by atoms with Gasteiger partial charge in [0.15, 0.2) is 6.10 Å². The average Bonchev–Trinajstić information content (AvgIpc) is 2.78. The van der Waals surface area contributed by atoms with Crippen LogP contribution in [0, 0.1) is 10.1 Å². The fraction of sp³-hybridized carbons (Fsp3) is 0.435. The molecule has 0 heterocycles. The minimum atomic E-state index is -0.699. The lowest BCUT2D eigenvalue weighted by molar-refractivity contribution is -0.384. The molecule has 7 heteroatoms. The monoisotopic (exact) mass is 412 g/mol. The zero-order valence-corrected chi connectivity index (χ0v) is 17.7. The molecule has 0 saturated heterocycles. The van der Waals surface area contributed by atoms with Crippen LogP contribution in [-0.2, 0) is 4.79 Å². The van der Waals surface area contributed by atoms with E-state index in [1.165, 1.54) is 18.6 Å². The first kappa shape index (κ1) is 21.6. The van der Waals surface area contributed by atoms with Gasteiger partial charge in [0.05, 0.1) is 12.0 Å². The predicted octanol–water partition coefficient (Wildman–Crippen LogP) is 4.83. The summed E-state index contributed by atoms with van der Waals surface area (Å²) < 4.78 is 11.2. The van der Waals surface area contributed by atoms with Gasteiger partial charge in [0.1, 0.15) is 11.5 Å². The van der Waals surface area contributed by atoms with E-state index in [2.05, 4.69) is 0 Å². The number of nitrogens with zero attached hydrogens (tertiary/aromatic N) is 2. The minimum absolute atomic E-state index is 0.0357. The van der Waals surface area contributed by atoms with Gasteiger partial charge in [0.2, 0.25) is 0 Å². The van der Waals surface area contributed by atoms with E-state index in [9.17, 15) is 14.9 Å². The molecule has 0 radical (unpaired) electrons. The van der Waals surface area contributed by atoms with Gasteiger partial charge in [0, 0.05) is 30.8 Å². The summed E-state index contributed by atoms with van der Waals surface area (Å²) in [5, 5.41) is 11.3. The van der Waals surface area contributed by atoms with E-state index in [0.29, 0.717) is 17.1 Å². The fourth-order valence-electron chi connectivity index (χ4n) is 3.91. The highest BCUT2D eigenvalue weighted by atomic mass is 16.6. The van der Waals surface area contributed by atoms with E-state index in [-0.39, 0.29) is 17.6 Å². The summed E-state index contributed by atoms with van der Waals surface area (Å²) in [6.07, 6.45) is 4.84. The molecule has 1 aliphatic rings. The number of carbonyl (C=O) groups is 1. The van der Waals surface area contributed by atoms with Crippen LogP contribution in [0.1, 0.15) is 39.0 Å². The van der Waals surface area contributed by atoms with E-state index in [0.717, 1.165) is 31.2 Å². The molecule has 1 saturated carbocycles. The van der Waals surface area contributed by atoms with Crippen LogP contribution in [0.15, 0.2) is 42.5 Å². The number of ether oxygens (including phenoxy) is 2. The third-order valence-electron chi connectivity index (χ3n) is 5.70. The number of likely N-dealkylation sites (N-methyl/N-ethyl adjacent to an activating group) is 1. The zero-order valence-electron chi connectivity index (χ0n) is 17.7. The largest absolute Gasteiger partial charge is 0.497 e. The number of carbonyl (C=O) groups excluding carboxylic acids is 1. The molecule has 0 aliphatic heterocycles. The lowest BCUT2D eigenvalue weighted by Gasteiger charge is -2.33. The van der Waals surface area contributed by atoms with Crippen molar-refractivity contribution in [3.8, 4) is 22.6 Å². The normalized spacial score (nSPS) is 15.3. The van der Waals surface area contributed by atoms with Crippen molar-refractivity contribution in [2.45, 2.75) is 51.2 Å². The minimum Gasteiger partial charge on any atom is -0.497 e. The smallest absolute Gasteiger partial charge is 0.270 e. The van der Waals surface area contributed by atoms with Gasteiger partial charge in [-0.25, -0.2) is 0 Å². The van der Waals surface area contributed by atoms with Crippen LogP contribution in [0.4, 0.5) is 5.69 Å². The third kappa shape index (κ3) is 4.90. The van der Waals surface area contributed by atoms with Crippen LogP contribution < -0.4 is 9.47 Å². The maximum absolute atomic E-state index is 12.9. The van der Waals surface area contributed by atoms with Crippen LogP contribution in [0.5, 0.6) is 11.5 Å². The maximum Gasteiger partial charge on any atom is 0.270 e. The Balaban J connectivity index is 1.84. The van der Waals surface area contributed by atoms with Crippen molar-refractivity contribution in [1.29, 1.82) is 0 Å². The Bertz CT molecular complexity index is 891. The van der Waals surface area contributed by atoms with E-state index in [4.69, 9.17) is 9.47 Å². The molecule has 0 N–H and O–H groups in total. The van der Waals surface area contributed by atoms with Crippen molar-refractivity contribution in [3.63, 3.8) is 0 Å². The first-order valence-corrected chi connectivity index (χ1v) is 10.3. The fourth-order valence-corrected chi connectivity index (χ4v) is 3.91. The second-order valence-electron chi connectivity index (χ2n) is 7.67. The Kier molecular flexibility index (Phi) is 6.92. The van der Waals surface area contributed by atoms with Gasteiger partial charge in [-0.15, -0.1) is 0 Å². The summed E-state index contributed by atoms with van der Waals surface area (Å²) in [6, 6.07) is 11.9. The zero-order chi connectivity index (χ0) is 21.7. The molecule has 1 amide bonds. The summed E-state index contributed by atoms with van der Waals surface area (Å²) in [7, 11) is 3.41. The van der Waals surface area contributed by atoms with Crippen molar-refractivity contribution in [2.24, 2.45) is 0 Å². The number of methoxy groups -OCH3 is 1. The number of nitro benzene ring substituents is 1. The molecule has 1 fully saturated rings. The summed E-state index contributed by atoms with van der Waals surface area (Å²) in [5.74, 6) is 1.04. The highest BCUT2D eigenvalue weighted by molar-refractivity contribution is 5.82. The van der Waals surface area contributed by atoms with E-state index in [1.807, 2.05) is 19.2 Å². The van der Waals surface area contributed by atoms with E-state index in [1.54, 1.807) is 37.1 Å². The van der Waals surface area contributed by atoms with Crippen LogP contribution in [-0.4, -0.2) is 42.0 Å². The molecule has 160 valence electrons. The first-order valence-electron chi connectivity index (χ1n) is 10.3. The Morgan fingerprint density at radius 3 is 2.40 bits per heavy atom. The quantitative estimate of drug-likeness (QED) is 0.481. The Labute approximate surface area is 176 Å². The SMILES string of the molecule is COc1ccc(-c2cc([N+](=O)[O-])ccc2O[C@H](C)C(=O)N(C)C2CCCCC2)cc1. The Morgan fingerprint density at radius 2 is 1.80 bits per heavy atom. The van der Waals surface area contributed by atoms with E-state index >= 15 is 0 Å². The first-order chi connectivity index (χ1) is 14.4. The molecular weight excluding hydrogens is 384 g/mol. The molecule has 3 rings (SSSR count). The lowest BCUT2D eigenvalue weighted by atomic mass is 9.94. The molecule has 0 spiro atoms. The molecule has 1 atom stereocenters. The molecule has 2 aromatic rings. The molecule has 2 aromatic carbocycles. The Hall–Kier alpha value is -3.09. The third-order valence-corrected chi connectivity index (χ3v) is 5.70. The maximum atomic E-state index is 12.9.